The molecule has 0 aromatic carbocycles. The van der Waals surface area contributed by atoms with Gasteiger partial charge in [0, 0.05) is 6.21 Å². The molecular formula is C10H17N5O. The van der Waals surface area contributed by atoms with Gasteiger partial charge in [-0.15, -0.1) is 10.2 Å². The minimum atomic E-state index is -0.254. The largest absolute Gasteiger partial charge is 0.288 e. The van der Waals surface area contributed by atoms with Crippen molar-refractivity contribution in [1.82, 2.24) is 15.2 Å². The Kier molecular flexibility index (Phi) is 4.63. The van der Waals surface area contributed by atoms with Crippen molar-refractivity contribution in [3.05, 3.63) is 16.0 Å². The standard InChI is InChI=1S/C10H17N5O/c1-4-8(5-2)6-11-14-10-12-9(16)7(3)13-15-10/h6,8H,4-5H2,1-3H3,(H2,12,14,15,16)/b11-6-. The number of hydrogen-bond donors (Lipinski definition) is 2. The van der Waals surface area contributed by atoms with Gasteiger partial charge < -0.3 is 0 Å². The van der Waals surface area contributed by atoms with Crippen molar-refractivity contribution in [2.24, 2.45) is 11.0 Å². The summed E-state index contributed by atoms with van der Waals surface area (Å²) in [6, 6.07) is 0. The minimum absolute atomic E-state index is 0.254. The van der Waals surface area contributed by atoms with Crippen LogP contribution in [0, 0.1) is 12.8 Å². The van der Waals surface area contributed by atoms with Gasteiger partial charge in [0.2, 0.25) is 5.95 Å². The summed E-state index contributed by atoms with van der Waals surface area (Å²) in [6.45, 7) is 5.81. The Hall–Kier alpha value is -1.72. The van der Waals surface area contributed by atoms with Gasteiger partial charge in [0.25, 0.3) is 5.56 Å². The van der Waals surface area contributed by atoms with Gasteiger partial charge in [-0.3, -0.25) is 9.78 Å². The first-order valence-corrected chi connectivity index (χ1v) is 5.40. The van der Waals surface area contributed by atoms with Crippen molar-refractivity contribution in [3.8, 4) is 0 Å². The number of nitrogens with one attached hydrogen (secondary N) is 2. The van der Waals surface area contributed by atoms with Crippen LogP contribution in [0.4, 0.5) is 5.95 Å². The fourth-order valence-electron chi connectivity index (χ4n) is 1.15. The Morgan fingerprint density at radius 2 is 2.12 bits per heavy atom. The van der Waals surface area contributed by atoms with Crippen LogP contribution >= 0.6 is 0 Å². The normalized spacial score (nSPS) is 11.2. The van der Waals surface area contributed by atoms with E-state index < -0.39 is 0 Å². The van der Waals surface area contributed by atoms with E-state index in [1.165, 1.54) is 0 Å². The van der Waals surface area contributed by atoms with E-state index in [4.69, 9.17) is 0 Å². The fraction of sp³-hybridized carbons (Fsp3) is 0.600. The lowest BCUT2D eigenvalue weighted by Gasteiger charge is -2.04. The first-order chi connectivity index (χ1) is 7.67. The van der Waals surface area contributed by atoms with Crippen molar-refractivity contribution in [2.75, 3.05) is 5.43 Å². The number of rotatable bonds is 5. The van der Waals surface area contributed by atoms with Crippen LogP contribution in [0.1, 0.15) is 32.4 Å². The maximum Gasteiger partial charge on any atom is 0.274 e. The van der Waals surface area contributed by atoms with Crippen molar-refractivity contribution in [3.63, 3.8) is 0 Å². The smallest absolute Gasteiger partial charge is 0.274 e. The highest BCUT2D eigenvalue weighted by atomic mass is 16.1. The minimum Gasteiger partial charge on any atom is -0.288 e. The number of H-pyrrole nitrogens is 1. The molecule has 88 valence electrons. The fourth-order valence-corrected chi connectivity index (χ4v) is 1.15. The molecule has 6 nitrogen and oxygen atoms in total. The van der Waals surface area contributed by atoms with E-state index in [-0.39, 0.29) is 11.5 Å². The van der Waals surface area contributed by atoms with Gasteiger partial charge in [-0.05, 0) is 25.7 Å². The number of anilines is 1. The van der Waals surface area contributed by atoms with E-state index in [9.17, 15) is 4.79 Å². The lowest BCUT2D eigenvalue weighted by atomic mass is 10.1. The van der Waals surface area contributed by atoms with Crippen LogP contribution in [-0.4, -0.2) is 21.4 Å². The number of aryl methyl sites for hydroxylation is 1. The van der Waals surface area contributed by atoms with E-state index in [2.05, 4.69) is 39.6 Å². The monoisotopic (exact) mass is 223 g/mol. The topological polar surface area (TPSA) is 83.0 Å². The Labute approximate surface area is 94.2 Å². The lowest BCUT2D eigenvalue weighted by Crippen LogP contribution is -2.15. The molecule has 0 spiro atoms. The van der Waals surface area contributed by atoms with Crippen molar-refractivity contribution < 1.29 is 0 Å². The molecule has 1 rings (SSSR count). The van der Waals surface area contributed by atoms with Crippen molar-refractivity contribution in [2.45, 2.75) is 33.6 Å². The van der Waals surface area contributed by atoms with Crippen LogP contribution in [0.25, 0.3) is 0 Å². The van der Waals surface area contributed by atoms with Crippen molar-refractivity contribution in [1.29, 1.82) is 0 Å². The van der Waals surface area contributed by atoms with E-state index in [0.29, 0.717) is 11.6 Å². The quantitative estimate of drug-likeness (QED) is 0.582. The van der Waals surface area contributed by atoms with Gasteiger partial charge in [0.1, 0.15) is 5.69 Å². The molecular weight excluding hydrogens is 206 g/mol. The van der Waals surface area contributed by atoms with E-state index in [1.54, 1.807) is 6.92 Å². The zero-order valence-electron chi connectivity index (χ0n) is 9.82. The second-order valence-corrected chi connectivity index (χ2v) is 3.55. The second-order valence-electron chi connectivity index (χ2n) is 3.55. The number of nitrogens with zero attached hydrogens (tertiary/aromatic N) is 3. The summed E-state index contributed by atoms with van der Waals surface area (Å²) >= 11 is 0. The first-order valence-electron chi connectivity index (χ1n) is 5.40. The van der Waals surface area contributed by atoms with Gasteiger partial charge in [-0.25, -0.2) is 5.43 Å². The predicted molar refractivity (Wildman–Crippen MR) is 63.6 cm³/mol. The summed E-state index contributed by atoms with van der Waals surface area (Å²) < 4.78 is 0. The lowest BCUT2D eigenvalue weighted by molar-refractivity contribution is 0.654. The average Bonchev–Trinajstić information content (AvgIpc) is 2.29. The zero-order chi connectivity index (χ0) is 12.0. The number of aromatic nitrogens is 3. The van der Waals surface area contributed by atoms with Crippen LogP contribution in [0.2, 0.25) is 0 Å². The van der Waals surface area contributed by atoms with Crippen LogP contribution in [0.5, 0.6) is 0 Å². The Bertz CT molecular complexity index is 408. The molecule has 0 unspecified atom stereocenters. The van der Waals surface area contributed by atoms with Gasteiger partial charge in [0.05, 0.1) is 0 Å². The molecule has 2 N–H and O–H groups in total. The van der Waals surface area contributed by atoms with Crippen LogP contribution in [-0.2, 0) is 0 Å². The molecule has 0 amide bonds. The SMILES string of the molecule is CCC(/C=N\Nc1nnc(C)c(=O)[nH]1)CC. The molecule has 1 aromatic heterocycles. The summed E-state index contributed by atoms with van der Waals surface area (Å²) in [5.74, 6) is 0.704. The van der Waals surface area contributed by atoms with Crippen LogP contribution in [0.3, 0.4) is 0 Å². The highest BCUT2D eigenvalue weighted by Gasteiger charge is 1.99. The third-order valence-corrected chi connectivity index (χ3v) is 2.37. The third kappa shape index (κ3) is 3.45. The molecule has 1 aromatic rings. The molecule has 0 radical (unpaired) electrons. The molecule has 6 heteroatoms. The first kappa shape index (κ1) is 12.4. The van der Waals surface area contributed by atoms with E-state index in [0.717, 1.165) is 12.8 Å². The average molecular weight is 223 g/mol. The molecule has 16 heavy (non-hydrogen) atoms. The molecule has 0 saturated heterocycles. The maximum absolute atomic E-state index is 11.2. The predicted octanol–water partition coefficient (Wildman–Crippen LogP) is 1.31. The number of hydrogen-bond acceptors (Lipinski definition) is 5. The Balaban J connectivity index is 2.61. The summed E-state index contributed by atoms with van der Waals surface area (Å²) in [5.41, 5.74) is 2.74. The second kappa shape index (κ2) is 5.99. The molecule has 0 bridgehead atoms. The van der Waals surface area contributed by atoms with E-state index >= 15 is 0 Å². The molecule has 1 heterocycles. The summed E-state index contributed by atoms with van der Waals surface area (Å²) in [7, 11) is 0. The molecule has 0 atom stereocenters. The Morgan fingerprint density at radius 3 is 2.69 bits per heavy atom. The zero-order valence-corrected chi connectivity index (χ0v) is 9.82. The van der Waals surface area contributed by atoms with E-state index in [1.807, 2.05) is 6.21 Å². The van der Waals surface area contributed by atoms with Crippen LogP contribution in [0.15, 0.2) is 9.90 Å². The van der Waals surface area contributed by atoms with Gasteiger partial charge in [-0.1, -0.05) is 13.8 Å². The molecule has 0 saturated carbocycles. The Morgan fingerprint density at radius 1 is 1.44 bits per heavy atom. The summed E-state index contributed by atoms with van der Waals surface area (Å²) in [6.07, 6.45) is 3.90. The molecule has 0 aliphatic heterocycles. The van der Waals surface area contributed by atoms with Gasteiger partial charge >= 0.3 is 0 Å². The highest BCUT2D eigenvalue weighted by Crippen LogP contribution is 2.03. The molecule has 0 aliphatic carbocycles. The highest BCUT2D eigenvalue weighted by molar-refractivity contribution is 5.61. The number of hydrazone groups is 1. The molecule has 0 fully saturated rings. The van der Waals surface area contributed by atoms with Gasteiger partial charge in [0.15, 0.2) is 0 Å². The van der Waals surface area contributed by atoms with Gasteiger partial charge in [-0.2, -0.15) is 5.10 Å². The van der Waals surface area contributed by atoms with Crippen LogP contribution < -0.4 is 11.0 Å². The van der Waals surface area contributed by atoms with Crippen molar-refractivity contribution >= 4 is 12.2 Å². The summed E-state index contributed by atoms with van der Waals surface area (Å²) in [4.78, 5) is 13.7. The summed E-state index contributed by atoms with van der Waals surface area (Å²) in [5, 5.41) is 11.5. The maximum atomic E-state index is 11.2. The number of aromatic amines is 1. The molecule has 0 aliphatic rings. The third-order valence-electron chi connectivity index (χ3n) is 2.37.